The number of nitrogens with one attached hydrogen (secondary N) is 1. The fourth-order valence-electron chi connectivity index (χ4n) is 2.71. The van der Waals surface area contributed by atoms with E-state index >= 15 is 0 Å². The lowest BCUT2D eigenvalue weighted by Gasteiger charge is -2.29. The predicted molar refractivity (Wildman–Crippen MR) is 66.2 cm³/mol. The Morgan fingerprint density at radius 1 is 1.50 bits per heavy atom. The largest absolute Gasteiger partial charge is 0.381 e. The molecule has 2 heterocycles. The topological polar surface area (TPSA) is 47.0 Å². The molecule has 4 nitrogen and oxygen atoms in total. The highest BCUT2D eigenvalue weighted by atomic mass is 19.1. The van der Waals surface area contributed by atoms with Gasteiger partial charge in [0.05, 0.1) is 12.1 Å². The number of imidazole rings is 1. The molecule has 0 spiro atoms. The molecule has 0 radical (unpaired) electrons. The van der Waals surface area contributed by atoms with E-state index in [0.29, 0.717) is 24.2 Å². The molecule has 3 rings (SSSR count). The third-order valence-electron chi connectivity index (χ3n) is 3.62. The van der Waals surface area contributed by atoms with Gasteiger partial charge in [0.25, 0.3) is 0 Å². The Hall–Kier alpha value is -1.62. The van der Waals surface area contributed by atoms with Crippen molar-refractivity contribution in [2.24, 2.45) is 5.92 Å². The number of aromatic nitrogens is 2. The number of halogens is 1. The van der Waals surface area contributed by atoms with Gasteiger partial charge in [0.1, 0.15) is 11.3 Å². The fourth-order valence-corrected chi connectivity index (χ4v) is 2.71. The van der Waals surface area contributed by atoms with Gasteiger partial charge >= 0.3 is 5.69 Å². The lowest BCUT2D eigenvalue weighted by molar-refractivity contribution is 0.0288. The summed E-state index contributed by atoms with van der Waals surface area (Å²) >= 11 is 0. The Kier molecular flexibility index (Phi) is 2.70. The van der Waals surface area contributed by atoms with Gasteiger partial charge in [0.15, 0.2) is 0 Å². The molecule has 1 saturated heterocycles. The van der Waals surface area contributed by atoms with Crippen LogP contribution in [0.1, 0.15) is 19.4 Å². The number of H-pyrrole nitrogens is 1. The van der Waals surface area contributed by atoms with E-state index in [1.165, 1.54) is 6.07 Å². The standard InChI is InChI=1S/C13H15FN2O2/c1-8-7-18-6-5-11(8)16-12-9(14)3-2-4-10(12)15-13(16)17/h2-4,8,11H,5-7H2,1H3,(H,15,17)/t8-,11-/m0/s1. The molecule has 5 heteroatoms. The maximum absolute atomic E-state index is 13.9. The molecule has 2 atom stereocenters. The van der Waals surface area contributed by atoms with Gasteiger partial charge in [-0.25, -0.2) is 9.18 Å². The summed E-state index contributed by atoms with van der Waals surface area (Å²) in [4.78, 5) is 14.7. The van der Waals surface area contributed by atoms with Gasteiger partial charge in [-0.3, -0.25) is 4.57 Å². The van der Waals surface area contributed by atoms with Crippen LogP contribution in [0.5, 0.6) is 0 Å². The Morgan fingerprint density at radius 3 is 3.11 bits per heavy atom. The van der Waals surface area contributed by atoms with Crippen LogP contribution in [0.25, 0.3) is 11.0 Å². The molecule has 1 N–H and O–H groups in total. The summed E-state index contributed by atoms with van der Waals surface area (Å²) in [5.74, 6) is -0.153. The van der Waals surface area contributed by atoms with E-state index in [-0.39, 0.29) is 23.5 Å². The van der Waals surface area contributed by atoms with Gasteiger partial charge in [0.2, 0.25) is 0 Å². The second kappa shape index (κ2) is 4.24. The molecule has 0 unspecified atom stereocenters. The van der Waals surface area contributed by atoms with Gasteiger partial charge in [-0.05, 0) is 18.6 Å². The Morgan fingerprint density at radius 2 is 2.33 bits per heavy atom. The van der Waals surface area contributed by atoms with Crippen LogP contribution in [0, 0.1) is 11.7 Å². The van der Waals surface area contributed by atoms with E-state index in [2.05, 4.69) is 4.98 Å². The van der Waals surface area contributed by atoms with E-state index in [1.54, 1.807) is 16.7 Å². The molecule has 0 amide bonds. The quantitative estimate of drug-likeness (QED) is 0.842. The molecule has 1 fully saturated rings. The van der Waals surface area contributed by atoms with Crippen molar-refractivity contribution >= 4 is 11.0 Å². The summed E-state index contributed by atoms with van der Waals surface area (Å²) < 4.78 is 20.9. The molecule has 1 aliphatic rings. The van der Waals surface area contributed by atoms with E-state index < -0.39 is 0 Å². The van der Waals surface area contributed by atoms with Crippen LogP contribution >= 0.6 is 0 Å². The number of fused-ring (bicyclic) bond motifs is 1. The number of aromatic amines is 1. The molecule has 0 bridgehead atoms. The monoisotopic (exact) mass is 250 g/mol. The van der Waals surface area contributed by atoms with Crippen molar-refractivity contribution in [1.82, 2.24) is 9.55 Å². The molecule has 1 aliphatic heterocycles. The number of hydrogen-bond acceptors (Lipinski definition) is 2. The summed E-state index contributed by atoms with van der Waals surface area (Å²) in [7, 11) is 0. The third kappa shape index (κ3) is 1.66. The minimum atomic E-state index is -0.357. The van der Waals surface area contributed by atoms with Crippen LogP contribution < -0.4 is 5.69 Å². The highest BCUT2D eigenvalue weighted by molar-refractivity contribution is 5.75. The smallest absolute Gasteiger partial charge is 0.326 e. The molecule has 1 aromatic carbocycles. The van der Waals surface area contributed by atoms with Crippen LogP contribution in [0.4, 0.5) is 4.39 Å². The van der Waals surface area contributed by atoms with Crippen molar-refractivity contribution in [2.75, 3.05) is 13.2 Å². The molecule has 18 heavy (non-hydrogen) atoms. The SMILES string of the molecule is C[C@H]1COCC[C@@H]1n1c(=O)[nH]c2cccc(F)c21. The maximum Gasteiger partial charge on any atom is 0.326 e. The van der Waals surface area contributed by atoms with E-state index in [0.717, 1.165) is 6.42 Å². The first-order chi connectivity index (χ1) is 8.68. The number of ether oxygens (including phenoxy) is 1. The molecule has 0 aliphatic carbocycles. The zero-order valence-corrected chi connectivity index (χ0v) is 10.1. The number of benzene rings is 1. The maximum atomic E-state index is 13.9. The Balaban J connectivity index is 2.21. The van der Waals surface area contributed by atoms with Crippen molar-refractivity contribution in [3.05, 3.63) is 34.5 Å². The lowest BCUT2D eigenvalue weighted by atomic mass is 9.97. The van der Waals surface area contributed by atoms with Gasteiger partial charge in [0, 0.05) is 18.6 Å². The van der Waals surface area contributed by atoms with Crippen LogP contribution in [-0.4, -0.2) is 22.8 Å². The minimum Gasteiger partial charge on any atom is -0.381 e. The summed E-state index contributed by atoms with van der Waals surface area (Å²) in [5, 5.41) is 0. The second-order valence-corrected chi connectivity index (χ2v) is 4.84. The van der Waals surface area contributed by atoms with Crippen molar-refractivity contribution in [1.29, 1.82) is 0 Å². The molecular formula is C13H15FN2O2. The zero-order valence-electron chi connectivity index (χ0n) is 10.1. The van der Waals surface area contributed by atoms with Gasteiger partial charge in [-0.2, -0.15) is 0 Å². The third-order valence-corrected chi connectivity index (χ3v) is 3.62. The second-order valence-electron chi connectivity index (χ2n) is 4.84. The number of nitrogens with zero attached hydrogens (tertiary/aromatic N) is 1. The lowest BCUT2D eigenvalue weighted by Crippen LogP contribution is -2.33. The van der Waals surface area contributed by atoms with Gasteiger partial charge in [-0.15, -0.1) is 0 Å². The Bertz CT molecular complexity index is 631. The van der Waals surface area contributed by atoms with Crippen LogP contribution in [-0.2, 0) is 4.74 Å². The first kappa shape index (κ1) is 11.5. The first-order valence-corrected chi connectivity index (χ1v) is 6.15. The highest BCUT2D eigenvalue weighted by Gasteiger charge is 2.27. The molecule has 0 saturated carbocycles. The van der Waals surface area contributed by atoms with Gasteiger partial charge < -0.3 is 9.72 Å². The molecule has 1 aromatic heterocycles. The average molecular weight is 250 g/mol. The van der Waals surface area contributed by atoms with Crippen molar-refractivity contribution in [2.45, 2.75) is 19.4 Å². The van der Waals surface area contributed by atoms with Crippen LogP contribution in [0.15, 0.2) is 23.0 Å². The highest BCUT2D eigenvalue weighted by Crippen LogP contribution is 2.28. The number of para-hydroxylation sites is 1. The average Bonchev–Trinajstić information content (AvgIpc) is 2.68. The normalized spacial score (nSPS) is 24.6. The van der Waals surface area contributed by atoms with E-state index in [1.807, 2.05) is 6.92 Å². The molecule has 96 valence electrons. The van der Waals surface area contributed by atoms with E-state index in [4.69, 9.17) is 4.74 Å². The summed E-state index contributed by atoms with van der Waals surface area (Å²) in [6.45, 7) is 3.25. The first-order valence-electron chi connectivity index (χ1n) is 6.15. The van der Waals surface area contributed by atoms with E-state index in [9.17, 15) is 9.18 Å². The van der Waals surface area contributed by atoms with Crippen LogP contribution in [0.2, 0.25) is 0 Å². The summed E-state index contributed by atoms with van der Waals surface area (Å²) in [5.41, 5.74) is 0.689. The minimum absolute atomic E-state index is 0.00287. The van der Waals surface area contributed by atoms with Crippen molar-refractivity contribution in [3.63, 3.8) is 0 Å². The fraction of sp³-hybridized carbons (Fsp3) is 0.462. The van der Waals surface area contributed by atoms with Crippen LogP contribution in [0.3, 0.4) is 0 Å². The summed E-state index contributed by atoms with van der Waals surface area (Å²) in [6, 6.07) is 4.71. The molecular weight excluding hydrogens is 235 g/mol. The summed E-state index contributed by atoms with van der Waals surface area (Å²) in [6.07, 6.45) is 0.738. The molecule has 2 aromatic rings. The number of hydrogen-bond donors (Lipinski definition) is 1. The number of rotatable bonds is 1. The van der Waals surface area contributed by atoms with Crippen molar-refractivity contribution in [3.8, 4) is 0 Å². The van der Waals surface area contributed by atoms with Gasteiger partial charge in [-0.1, -0.05) is 13.0 Å². The Labute approximate surface area is 103 Å². The zero-order chi connectivity index (χ0) is 12.7. The van der Waals surface area contributed by atoms with Crippen molar-refractivity contribution < 1.29 is 9.13 Å². The predicted octanol–water partition coefficient (Wildman–Crippen LogP) is 2.07.